The van der Waals surface area contributed by atoms with E-state index in [4.69, 9.17) is 4.74 Å². The van der Waals surface area contributed by atoms with Crippen LogP contribution in [0.5, 0.6) is 0 Å². The zero-order valence-electron chi connectivity index (χ0n) is 24.2. The van der Waals surface area contributed by atoms with Crippen LogP contribution >= 0.6 is 0 Å². The normalized spacial score (nSPS) is 12.9. The van der Waals surface area contributed by atoms with Crippen molar-refractivity contribution in [1.29, 1.82) is 0 Å². The van der Waals surface area contributed by atoms with Gasteiger partial charge in [0, 0.05) is 13.2 Å². The Bertz CT molecular complexity index is 784. The van der Waals surface area contributed by atoms with E-state index in [0.717, 1.165) is 13.2 Å². The SMILES string of the molecule is C1CCOC1.C[Si](C)(C)c1cc[c-]cc1.C[Si](C)(C)c1cc[c-]cc1.C[Si](C)(C)c1cc[c-]cc1.[Al+3]. The fraction of sp³-hybridized carbons (Fsp3) is 0.419. The van der Waals surface area contributed by atoms with Gasteiger partial charge in [-0.3, -0.25) is 0 Å². The van der Waals surface area contributed by atoms with Crippen molar-refractivity contribution in [1.82, 2.24) is 0 Å². The molecule has 0 N–H and O–H groups in total. The van der Waals surface area contributed by atoms with Crippen molar-refractivity contribution >= 4 is 57.1 Å². The first-order valence-corrected chi connectivity index (χ1v) is 23.3. The molecule has 3 aromatic carbocycles. The molecule has 1 aliphatic rings. The van der Waals surface area contributed by atoms with Crippen molar-refractivity contribution in [2.75, 3.05) is 13.2 Å². The maximum absolute atomic E-state index is 4.94. The first kappa shape index (κ1) is 34.8. The molecule has 4 rings (SSSR count). The summed E-state index contributed by atoms with van der Waals surface area (Å²) < 4.78 is 4.94. The van der Waals surface area contributed by atoms with E-state index in [1.54, 1.807) is 0 Å². The fourth-order valence-corrected chi connectivity index (χ4v) is 6.67. The molecule has 0 saturated carbocycles. The molecule has 0 aliphatic carbocycles. The summed E-state index contributed by atoms with van der Waals surface area (Å²) in [5, 5.41) is 4.52. The Hall–Kier alpha value is -1.20. The Morgan fingerprint density at radius 3 is 0.806 bits per heavy atom. The van der Waals surface area contributed by atoms with E-state index in [0.29, 0.717) is 0 Å². The predicted octanol–water partition coefficient (Wildman–Crippen LogP) is 6.51. The molecule has 0 atom stereocenters. The number of rotatable bonds is 3. The predicted molar refractivity (Wildman–Crippen MR) is 171 cm³/mol. The first-order valence-electron chi connectivity index (χ1n) is 12.8. The van der Waals surface area contributed by atoms with Gasteiger partial charge in [-0.05, 0) is 12.8 Å². The van der Waals surface area contributed by atoms with Gasteiger partial charge in [0.25, 0.3) is 0 Å². The van der Waals surface area contributed by atoms with Crippen molar-refractivity contribution in [3.63, 3.8) is 0 Å². The number of ether oxygens (including phenoxy) is 1. The second-order valence-electron chi connectivity index (χ2n) is 11.9. The van der Waals surface area contributed by atoms with Crippen molar-refractivity contribution in [3.05, 3.63) is 91.0 Å². The third kappa shape index (κ3) is 15.8. The van der Waals surface area contributed by atoms with Gasteiger partial charge in [-0.15, -0.1) is 0 Å². The van der Waals surface area contributed by atoms with Crippen LogP contribution in [-0.4, -0.2) is 54.8 Å². The third-order valence-corrected chi connectivity index (χ3v) is 11.8. The summed E-state index contributed by atoms with van der Waals surface area (Å²) in [5.41, 5.74) is 0. The Morgan fingerprint density at radius 1 is 0.472 bits per heavy atom. The monoisotopic (exact) mass is 546 g/mol. The van der Waals surface area contributed by atoms with E-state index in [1.165, 1.54) is 28.4 Å². The van der Waals surface area contributed by atoms with Crippen molar-refractivity contribution in [3.8, 4) is 0 Å². The largest absolute Gasteiger partial charge is 3.00 e. The van der Waals surface area contributed by atoms with Crippen LogP contribution in [0.3, 0.4) is 0 Å². The minimum atomic E-state index is -1.05. The molecule has 0 radical (unpaired) electrons. The second kappa shape index (κ2) is 17.3. The van der Waals surface area contributed by atoms with E-state index in [-0.39, 0.29) is 17.4 Å². The summed E-state index contributed by atoms with van der Waals surface area (Å²) >= 11 is 0. The van der Waals surface area contributed by atoms with Gasteiger partial charge in [0.15, 0.2) is 0 Å². The summed E-state index contributed by atoms with van der Waals surface area (Å²) in [5.74, 6) is 0. The van der Waals surface area contributed by atoms with Crippen molar-refractivity contribution in [2.24, 2.45) is 0 Å². The summed E-state index contributed by atoms with van der Waals surface area (Å²) in [6, 6.07) is 34.1. The minimum Gasteiger partial charge on any atom is -0.381 e. The van der Waals surface area contributed by atoms with Crippen LogP contribution in [0.15, 0.2) is 72.8 Å². The van der Waals surface area contributed by atoms with Crippen LogP contribution in [0.25, 0.3) is 0 Å². The third-order valence-electron chi connectivity index (χ3n) is 5.58. The molecule has 1 saturated heterocycles. The van der Waals surface area contributed by atoms with Gasteiger partial charge in [-0.25, -0.2) is 0 Å². The van der Waals surface area contributed by atoms with Crippen molar-refractivity contribution < 1.29 is 4.74 Å². The standard InChI is InChI=1S/3C9H13Si.C4H8O.Al/c3*1-10(2,3)9-7-5-4-6-8-9;1-2-4-5-3-1;/h3*5-8H,1-3H3;1-4H2;/q3*-1;;+3. The molecule has 0 bridgehead atoms. The van der Waals surface area contributed by atoms with E-state index >= 15 is 0 Å². The Balaban J connectivity index is 0.000000460. The summed E-state index contributed by atoms with van der Waals surface area (Å²) in [6.07, 6.45) is 2.56. The number of hydrogen-bond donors (Lipinski definition) is 0. The maximum Gasteiger partial charge on any atom is 3.00 e. The molecular weight excluding hydrogens is 500 g/mol. The molecular formula is C31H47AlOSi3. The van der Waals surface area contributed by atoms with E-state index in [2.05, 4.69) is 114 Å². The van der Waals surface area contributed by atoms with Crippen molar-refractivity contribution in [2.45, 2.75) is 71.8 Å². The van der Waals surface area contributed by atoms with E-state index < -0.39 is 24.2 Å². The van der Waals surface area contributed by atoms with Crippen LogP contribution < -0.4 is 15.6 Å². The van der Waals surface area contributed by atoms with Gasteiger partial charge in [0.05, 0.1) is 24.2 Å². The molecule has 36 heavy (non-hydrogen) atoms. The number of benzene rings is 3. The molecule has 3 aromatic rings. The molecule has 0 amide bonds. The van der Waals surface area contributed by atoms with Crippen LogP contribution in [0.4, 0.5) is 0 Å². The first-order chi connectivity index (χ1) is 16.3. The molecule has 1 heterocycles. The molecule has 5 heteroatoms. The van der Waals surface area contributed by atoms with Gasteiger partial charge >= 0.3 is 17.4 Å². The molecule has 1 fully saturated rings. The van der Waals surface area contributed by atoms with Crippen LogP contribution in [-0.2, 0) is 4.74 Å². The molecule has 0 spiro atoms. The zero-order chi connectivity index (χ0) is 26.4. The zero-order valence-corrected chi connectivity index (χ0v) is 28.4. The molecule has 192 valence electrons. The number of hydrogen-bond acceptors (Lipinski definition) is 1. The molecule has 0 unspecified atom stereocenters. The summed E-state index contributed by atoms with van der Waals surface area (Å²) in [6.45, 7) is 23.1. The van der Waals surface area contributed by atoms with Gasteiger partial charge < -0.3 is 4.74 Å². The van der Waals surface area contributed by atoms with E-state index in [1.807, 2.05) is 36.4 Å². The fourth-order valence-electron chi connectivity index (χ4n) is 3.17. The molecule has 0 aromatic heterocycles. The molecule has 1 aliphatic heterocycles. The average molecular weight is 547 g/mol. The maximum atomic E-state index is 4.94. The van der Waals surface area contributed by atoms with E-state index in [9.17, 15) is 0 Å². The minimum absolute atomic E-state index is 0. The van der Waals surface area contributed by atoms with Crippen LogP contribution in [0.1, 0.15) is 12.8 Å². The molecule has 1 nitrogen and oxygen atoms in total. The second-order valence-corrected chi connectivity index (χ2v) is 27.2. The summed E-state index contributed by atoms with van der Waals surface area (Å²) in [4.78, 5) is 0. The smallest absolute Gasteiger partial charge is 0.381 e. The topological polar surface area (TPSA) is 9.23 Å². The van der Waals surface area contributed by atoms with Crippen LogP contribution in [0.2, 0.25) is 58.9 Å². The van der Waals surface area contributed by atoms with Gasteiger partial charge in [0.2, 0.25) is 0 Å². The van der Waals surface area contributed by atoms with Crippen LogP contribution in [0, 0.1) is 18.2 Å². The Kier molecular flexibility index (Phi) is 16.8. The summed E-state index contributed by atoms with van der Waals surface area (Å²) in [7, 11) is -3.16. The Labute approximate surface area is 236 Å². The Morgan fingerprint density at radius 2 is 0.694 bits per heavy atom. The quantitative estimate of drug-likeness (QED) is 0.269. The van der Waals surface area contributed by atoms with Gasteiger partial charge in [-0.1, -0.05) is 58.9 Å². The average Bonchev–Trinajstić information content (AvgIpc) is 3.41. The van der Waals surface area contributed by atoms with Gasteiger partial charge in [0.1, 0.15) is 0 Å². The van der Waals surface area contributed by atoms with Gasteiger partial charge in [-0.2, -0.15) is 107 Å².